The number of hydrogen-bond acceptors (Lipinski definition) is 7. The van der Waals surface area contributed by atoms with E-state index in [1.54, 1.807) is 12.1 Å². The molecule has 0 saturated heterocycles. The third-order valence-corrected chi connectivity index (χ3v) is 6.24. The second kappa shape index (κ2) is 8.26. The minimum Gasteiger partial charge on any atom is -0.490 e. The van der Waals surface area contributed by atoms with Gasteiger partial charge in [-0.3, -0.25) is 18.5 Å². The number of nitrogens with zero attached hydrogens (tertiary/aromatic N) is 6. The molecular weight excluding hydrogens is 474 g/mol. The third kappa shape index (κ3) is 3.33. The lowest BCUT2D eigenvalue weighted by atomic mass is 10.00. The molecule has 0 radical (unpaired) electrons. The molecule has 1 atom stereocenters. The van der Waals surface area contributed by atoms with Gasteiger partial charge in [-0.1, -0.05) is 12.1 Å². The van der Waals surface area contributed by atoms with Crippen LogP contribution in [0.5, 0.6) is 5.75 Å². The second-order valence-corrected chi connectivity index (χ2v) is 8.25. The first-order chi connectivity index (χ1) is 17.5. The molecule has 0 aliphatic carbocycles. The molecule has 0 fully saturated rings. The highest BCUT2D eigenvalue weighted by Crippen LogP contribution is 2.37. The van der Waals surface area contributed by atoms with Crippen LogP contribution in [0, 0.1) is 11.6 Å². The zero-order chi connectivity index (χ0) is 25.0. The molecule has 0 bridgehead atoms. The van der Waals surface area contributed by atoms with Crippen LogP contribution in [-0.2, 0) is 16.1 Å². The number of fused-ring (bicyclic) bond motifs is 3. The summed E-state index contributed by atoms with van der Waals surface area (Å²) in [5.41, 5.74) is 1.43. The first-order valence-electron chi connectivity index (χ1n) is 11.0. The molecule has 3 aromatic heterocycles. The van der Waals surface area contributed by atoms with Crippen molar-refractivity contribution in [2.75, 3.05) is 13.7 Å². The van der Waals surface area contributed by atoms with Crippen LogP contribution in [0.1, 0.15) is 18.0 Å². The number of hydrogen-bond donors (Lipinski definition) is 0. The molecule has 1 aliphatic rings. The Bertz CT molecular complexity index is 1720. The van der Waals surface area contributed by atoms with E-state index in [-0.39, 0.29) is 36.0 Å². The molecular formula is C24H18F2N6O4. The van der Waals surface area contributed by atoms with E-state index in [1.807, 2.05) is 0 Å². The summed E-state index contributed by atoms with van der Waals surface area (Å²) in [5.74, 6) is -1.40. The number of halogens is 2. The smallest absolute Gasteiger partial charge is 0.331 e. The SMILES string of the molecule is COC(=O)Cn1c(=O)n(C2CCOc3c(F)cccc32)c2nc(-n3cnc4ccc(F)cc43)ncc21. The summed E-state index contributed by atoms with van der Waals surface area (Å²) >= 11 is 0. The lowest BCUT2D eigenvalue weighted by Gasteiger charge is -2.26. The van der Waals surface area contributed by atoms with Crippen molar-refractivity contribution in [3.8, 4) is 11.7 Å². The van der Waals surface area contributed by atoms with Crippen molar-refractivity contribution in [2.45, 2.75) is 19.0 Å². The Morgan fingerprint density at radius 2 is 2.06 bits per heavy atom. The fraction of sp³-hybridized carbons (Fsp3) is 0.208. The molecule has 6 rings (SSSR count). The number of esters is 1. The van der Waals surface area contributed by atoms with Gasteiger partial charge in [0, 0.05) is 18.1 Å². The van der Waals surface area contributed by atoms with Gasteiger partial charge >= 0.3 is 11.7 Å². The monoisotopic (exact) mass is 492 g/mol. The van der Waals surface area contributed by atoms with E-state index in [4.69, 9.17) is 9.47 Å². The van der Waals surface area contributed by atoms with E-state index in [1.165, 1.54) is 57.6 Å². The van der Waals surface area contributed by atoms with Crippen molar-refractivity contribution in [1.82, 2.24) is 28.7 Å². The Morgan fingerprint density at radius 1 is 1.19 bits per heavy atom. The van der Waals surface area contributed by atoms with Crippen LogP contribution >= 0.6 is 0 Å². The van der Waals surface area contributed by atoms with E-state index in [0.29, 0.717) is 23.0 Å². The number of benzene rings is 2. The summed E-state index contributed by atoms with van der Waals surface area (Å²) in [4.78, 5) is 39.0. The Morgan fingerprint density at radius 3 is 2.89 bits per heavy atom. The molecule has 182 valence electrons. The molecule has 4 heterocycles. The van der Waals surface area contributed by atoms with Crippen molar-refractivity contribution in [1.29, 1.82) is 0 Å². The topological polar surface area (TPSA) is 106 Å². The van der Waals surface area contributed by atoms with E-state index in [9.17, 15) is 18.4 Å². The van der Waals surface area contributed by atoms with Crippen LogP contribution < -0.4 is 10.4 Å². The van der Waals surface area contributed by atoms with Crippen molar-refractivity contribution in [3.63, 3.8) is 0 Å². The molecule has 12 heteroatoms. The molecule has 5 aromatic rings. The number of para-hydroxylation sites is 1. The lowest BCUT2D eigenvalue weighted by Crippen LogP contribution is -2.32. The molecule has 0 saturated carbocycles. The number of methoxy groups -OCH3 is 1. The molecule has 0 amide bonds. The van der Waals surface area contributed by atoms with Crippen LogP contribution in [-0.4, -0.2) is 48.3 Å². The molecule has 0 N–H and O–H groups in total. The minimum atomic E-state index is -0.630. The molecule has 10 nitrogen and oxygen atoms in total. The van der Waals surface area contributed by atoms with Crippen molar-refractivity contribution < 1.29 is 23.0 Å². The van der Waals surface area contributed by atoms with Crippen molar-refractivity contribution in [3.05, 3.63) is 76.6 Å². The van der Waals surface area contributed by atoms with Crippen molar-refractivity contribution >= 4 is 28.2 Å². The van der Waals surface area contributed by atoms with Crippen molar-refractivity contribution in [2.24, 2.45) is 0 Å². The Kier molecular flexibility index (Phi) is 5.02. The van der Waals surface area contributed by atoms with Gasteiger partial charge in [-0.25, -0.2) is 23.5 Å². The van der Waals surface area contributed by atoms with E-state index in [0.717, 1.165) is 0 Å². The summed E-state index contributed by atoms with van der Waals surface area (Å²) in [5, 5.41) is 0. The fourth-order valence-electron chi connectivity index (χ4n) is 4.57. The van der Waals surface area contributed by atoms with Gasteiger partial charge in [0.05, 0.1) is 37.0 Å². The predicted molar refractivity (Wildman–Crippen MR) is 123 cm³/mol. The molecule has 1 unspecified atom stereocenters. The van der Waals surface area contributed by atoms with Crippen LogP contribution in [0.15, 0.2) is 53.7 Å². The number of aromatic nitrogens is 6. The number of rotatable bonds is 4. The predicted octanol–water partition coefficient (Wildman–Crippen LogP) is 2.76. The van der Waals surface area contributed by atoms with Gasteiger partial charge in [-0.05, 0) is 18.2 Å². The maximum Gasteiger partial charge on any atom is 0.331 e. The standard InChI is InChI=1S/C24H18F2N6O4/c1-35-20(33)11-30-19-10-27-23(31-12-28-16-6-5-13(25)9-18(16)31)29-22(19)32(24(30)34)17-7-8-36-21-14(17)3-2-4-15(21)26/h2-6,9-10,12,17H,7-8,11H2,1H3. The first kappa shape index (κ1) is 21.9. The fourth-order valence-corrected chi connectivity index (χ4v) is 4.57. The highest BCUT2D eigenvalue weighted by Gasteiger charge is 2.30. The maximum atomic E-state index is 14.5. The normalized spacial score (nSPS) is 15.1. The van der Waals surface area contributed by atoms with Gasteiger partial charge in [0.1, 0.15) is 24.2 Å². The summed E-state index contributed by atoms with van der Waals surface area (Å²) in [6.45, 7) is -0.182. The molecule has 36 heavy (non-hydrogen) atoms. The van der Waals surface area contributed by atoms with Gasteiger partial charge in [0.25, 0.3) is 0 Å². The summed E-state index contributed by atoms with van der Waals surface area (Å²) in [6, 6.07) is 8.05. The van der Waals surface area contributed by atoms with Crippen LogP contribution in [0.2, 0.25) is 0 Å². The number of imidazole rings is 2. The Balaban J connectivity index is 1.61. The summed E-state index contributed by atoms with van der Waals surface area (Å²) in [6.07, 6.45) is 3.24. The van der Waals surface area contributed by atoms with E-state index < -0.39 is 29.3 Å². The Labute approximate surface area is 201 Å². The summed E-state index contributed by atoms with van der Waals surface area (Å²) in [7, 11) is 1.22. The molecule has 0 spiro atoms. The number of carbonyl (C=O) groups excluding carboxylic acids is 1. The van der Waals surface area contributed by atoms with Crippen LogP contribution in [0.25, 0.3) is 28.1 Å². The van der Waals surface area contributed by atoms with Gasteiger partial charge in [-0.2, -0.15) is 4.98 Å². The highest BCUT2D eigenvalue weighted by molar-refractivity contribution is 5.78. The average molecular weight is 492 g/mol. The Hall–Kier alpha value is -4.61. The third-order valence-electron chi connectivity index (χ3n) is 6.24. The molecule has 1 aliphatic heterocycles. The first-order valence-corrected chi connectivity index (χ1v) is 11.0. The van der Waals surface area contributed by atoms with Gasteiger partial charge in [-0.15, -0.1) is 0 Å². The lowest BCUT2D eigenvalue weighted by molar-refractivity contribution is -0.141. The van der Waals surface area contributed by atoms with Crippen LogP contribution in [0.4, 0.5) is 8.78 Å². The second-order valence-electron chi connectivity index (χ2n) is 8.25. The summed E-state index contributed by atoms with van der Waals surface area (Å²) < 4.78 is 42.8. The highest BCUT2D eigenvalue weighted by atomic mass is 19.1. The molecule has 2 aromatic carbocycles. The maximum absolute atomic E-state index is 14.5. The zero-order valence-corrected chi connectivity index (χ0v) is 18.9. The van der Waals surface area contributed by atoms with Crippen LogP contribution in [0.3, 0.4) is 0 Å². The van der Waals surface area contributed by atoms with Gasteiger partial charge in [0.15, 0.2) is 17.2 Å². The van der Waals surface area contributed by atoms with E-state index >= 15 is 0 Å². The van der Waals surface area contributed by atoms with E-state index in [2.05, 4.69) is 15.0 Å². The quantitative estimate of drug-likeness (QED) is 0.355. The zero-order valence-electron chi connectivity index (χ0n) is 18.9. The number of carbonyl (C=O) groups is 1. The van der Waals surface area contributed by atoms with Gasteiger partial charge < -0.3 is 9.47 Å². The minimum absolute atomic E-state index is 0.0693. The largest absolute Gasteiger partial charge is 0.490 e. The average Bonchev–Trinajstić information content (AvgIpc) is 3.42. The van der Waals surface area contributed by atoms with Gasteiger partial charge in [0.2, 0.25) is 5.95 Å². The number of ether oxygens (including phenoxy) is 2.